The van der Waals surface area contributed by atoms with Crippen molar-refractivity contribution in [1.29, 1.82) is 0 Å². The Labute approximate surface area is 160 Å². The fourth-order valence-electron chi connectivity index (χ4n) is 3.59. The van der Waals surface area contributed by atoms with E-state index in [1.54, 1.807) is 6.26 Å². The molecule has 1 unspecified atom stereocenters. The average molecular weight is 391 g/mol. The molecule has 1 atom stereocenters. The number of hydrogen-bond donors (Lipinski definition) is 1. The van der Waals surface area contributed by atoms with Crippen LogP contribution in [-0.2, 0) is 21.2 Å². The molecule has 0 radical (unpaired) electrons. The predicted octanol–water partition coefficient (Wildman–Crippen LogP) is 2.73. The van der Waals surface area contributed by atoms with Crippen LogP contribution < -0.4 is 4.72 Å². The van der Waals surface area contributed by atoms with Gasteiger partial charge in [-0.1, -0.05) is 24.3 Å². The zero-order valence-corrected chi connectivity index (χ0v) is 16.6. The Morgan fingerprint density at radius 2 is 2.00 bits per heavy atom. The minimum atomic E-state index is -3.22. The third-order valence-corrected chi connectivity index (χ3v) is 5.69. The molecular formula is C20H26N2O4S. The SMILES string of the molecule is Cc1ccoc1-c1ccccc1CC(=O)N1CCCC(NS(C)(=O)=O)CC1. The molecule has 1 amide bonds. The first-order valence-corrected chi connectivity index (χ1v) is 11.1. The van der Waals surface area contributed by atoms with E-state index in [9.17, 15) is 13.2 Å². The Kier molecular flexibility index (Phi) is 6.01. The summed E-state index contributed by atoms with van der Waals surface area (Å²) in [5, 5.41) is 0. The third kappa shape index (κ3) is 5.20. The maximum atomic E-state index is 12.9. The Bertz CT molecular complexity index is 904. The highest BCUT2D eigenvalue weighted by atomic mass is 32.2. The molecule has 0 aliphatic carbocycles. The first-order valence-electron chi connectivity index (χ1n) is 9.21. The van der Waals surface area contributed by atoms with Crippen LogP contribution in [0.15, 0.2) is 41.0 Å². The minimum Gasteiger partial charge on any atom is -0.464 e. The van der Waals surface area contributed by atoms with Gasteiger partial charge in [0.05, 0.1) is 18.9 Å². The Morgan fingerprint density at radius 3 is 2.70 bits per heavy atom. The van der Waals surface area contributed by atoms with E-state index in [1.807, 2.05) is 42.2 Å². The lowest BCUT2D eigenvalue weighted by Crippen LogP contribution is -2.36. The normalized spacial score (nSPS) is 18.3. The zero-order chi connectivity index (χ0) is 19.4. The highest BCUT2D eigenvalue weighted by molar-refractivity contribution is 7.88. The summed E-state index contributed by atoms with van der Waals surface area (Å²) in [7, 11) is -3.22. The summed E-state index contributed by atoms with van der Waals surface area (Å²) in [6.07, 6.45) is 5.32. The minimum absolute atomic E-state index is 0.0617. The molecule has 1 aliphatic heterocycles. The zero-order valence-electron chi connectivity index (χ0n) is 15.8. The van der Waals surface area contributed by atoms with Gasteiger partial charge in [0.1, 0.15) is 5.76 Å². The van der Waals surface area contributed by atoms with Crippen LogP contribution in [0.1, 0.15) is 30.4 Å². The van der Waals surface area contributed by atoms with Gasteiger partial charge in [0, 0.05) is 24.7 Å². The number of carbonyl (C=O) groups is 1. The molecule has 1 aromatic carbocycles. The maximum Gasteiger partial charge on any atom is 0.227 e. The van der Waals surface area contributed by atoms with Crippen LogP contribution in [0, 0.1) is 6.92 Å². The molecule has 7 heteroatoms. The van der Waals surface area contributed by atoms with Crippen molar-refractivity contribution in [3.05, 3.63) is 47.7 Å². The lowest BCUT2D eigenvalue weighted by atomic mass is 10.00. The summed E-state index contributed by atoms with van der Waals surface area (Å²) in [6, 6.07) is 9.62. The summed E-state index contributed by atoms with van der Waals surface area (Å²) >= 11 is 0. The second-order valence-corrected chi connectivity index (χ2v) is 8.95. The van der Waals surface area contributed by atoms with Crippen LogP contribution in [0.5, 0.6) is 0 Å². The van der Waals surface area contributed by atoms with Gasteiger partial charge in [-0.2, -0.15) is 0 Å². The second kappa shape index (κ2) is 8.27. The van der Waals surface area contributed by atoms with E-state index in [-0.39, 0.29) is 11.9 Å². The van der Waals surface area contributed by atoms with Gasteiger partial charge < -0.3 is 9.32 Å². The number of rotatable bonds is 5. The van der Waals surface area contributed by atoms with Crippen molar-refractivity contribution in [3.8, 4) is 11.3 Å². The van der Waals surface area contributed by atoms with Gasteiger partial charge >= 0.3 is 0 Å². The van der Waals surface area contributed by atoms with E-state index < -0.39 is 10.0 Å². The standard InChI is InChI=1S/C20H26N2O4S/c1-15-10-13-26-20(15)18-8-4-3-6-16(18)14-19(23)22-11-5-7-17(9-12-22)21-27(2,24)25/h3-4,6,8,10,13,17,21H,5,7,9,11-12,14H2,1-2H3. The Morgan fingerprint density at radius 1 is 1.22 bits per heavy atom. The van der Waals surface area contributed by atoms with Crippen molar-refractivity contribution in [3.63, 3.8) is 0 Å². The van der Waals surface area contributed by atoms with Gasteiger partial charge in [-0.15, -0.1) is 0 Å². The number of likely N-dealkylation sites (tertiary alicyclic amines) is 1. The molecule has 2 aromatic rings. The molecule has 0 spiro atoms. The molecule has 1 aliphatic rings. The molecule has 1 aromatic heterocycles. The Balaban J connectivity index is 1.69. The number of furan rings is 1. The summed E-state index contributed by atoms with van der Waals surface area (Å²) in [5.74, 6) is 0.860. The van der Waals surface area contributed by atoms with E-state index in [0.717, 1.165) is 35.3 Å². The molecule has 0 bridgehead atoms. The van der Waals surface area contributed by atoms with Gasteiger partial charge in [0.2, 0.25) is 15.9 Å². The van der Waals surface area contributed by atoms with Crippen LogP contribution in [0.3, 0.4) is 0 Å². The lowest BCUT2D eigenvalue weighted by molar-refractivity contribution is -0.130. The molecule has 27 heavy (non-hydrogen) atoms. The number of aryl methyl sites for hydroxylation is 1. The summed E-state index contributed by atoms with van der Waals surface area (Å²) < 4.78 is 31.2. The average Bonchev–Trinajstić information content (AvgIpc) is 2.88. The quantitative estimate of drug-likeness (QED) is 0.851. The van der Waals surface area contributed by atoms with E-state index in [4.69, 9.17) is 4.42 Å². The monoisotopic (exact) mass is 390 g/mol. The molecule has 2 heterocycles. The van der Waals surface area contributed by atoms with Gasteiger partial charge in [0.15, 0.2) is 0 Å². The molecular weight excluding hydrogens is 364 g/mol. The first kappa shape index (κ1) is 19.6. The van der Waals surface area contributed by atoms with Gasteiger partial charge in [-0.05, 0) is 43.4 Å². The van der Waals surface area contributed by atoms with E-state index in [1.165, 1.54) is 6.26 Å². The number of nitrogens with one attached hydrogen (secondary N) is 1. The molecule has 146 valence electrons. The van der Waals surface area contributed by atoms with E-state index in [0.29, 0.717) is 25.9 Å². The fourth-order valence-corrected chi connectivity index (χ4v) is 4.43. The van der Waals surface area contributed by atoms with Crippen molar-refractivity contribution >= 4 is 15.9 Å². The largest absolute Gasteiger partial charge is 0.464 e. The summed E-state index contributed by atoms with van der Waals surface area (Å²) in [4.78, 5) is 14.7. The predicted molar refractivity (Wildman–Crippen MR) is 105 cm³/mol. The van der Waals surface area contributed by atoms with Crippen LogP contribution in [0.25, 0.3) is 11.3 Å². The maximum absolute atomic E-state index is 12.9. The van der Waals surface area contributed by atoms with Crippen LogP contribution >= 0.6 is 0 Å². The van der Waals surface area contributed by atoms with Gasteiger partial charge in [0.25, 0.3) is 0 Å². The van der Waals surface area contributed by atoms with Crippen molar-refractivity contribution < 1.29 is 17.6 Å². The van der Waals surface area contributed by atoms with Crippen LogP contribution in [0.4, 0.5) is 0 Å². The number of nitrogens with zero attached hydrogens (tertiary/aromatic N) is 1. The van der Waals surface area contributed by atoms with Crippen LogP contribution in [0.2, 0.25) is 0 Å². The molecule has 3 rings (SSSR count). The van der Waals surface area contributed by atoms with Crippen molar-refractivity contribution in [1.82, 2.24) is 9.62 Å². The number of amides is 1. The van der Waals surface area contributed by atoms with Gasteiger partial charge in [-0.3, -0.25) is 4.79 Å². The number of carbonyl (C=O) groups excluding carboxylic acids is 1. The molecule has 1 N–H and O–H groups in total. The fraction of sp³-hybridized carbons (Fsp3) is 0.450. The number of benzene rings is 1. The number of sulfonamides is 1. The Hall–Kier alpha value is -2.12. The first-order chi connectivity index (χ1) is 12.8. The van der Waals surface area contributed by atoms with Gasteiger partial charge in [-0.25, -0.2) is 13.1 Å². The second-order valence-electron chi connectivity index (χ2n) is 7.17. The topological polar surface area (TPSA) is 79.6 Å². The van der Waals surface area contributed by atoms with Crippen molar-refractivity contribution in [2.45, 2.75) is 38.6 Å². The van der Waals surface area contributed by atoms with E-state index in [2.05, 4.69) is 4.72 Å². The molecule has 1 saturated heterocycles. The highest BCUT2D eigenvalue weighted by Crippen LogP contribution is 2.28. The third-order valence-electron chi connectivity index (χ3n) is 4.93. The molecule has 0 saturated carbocycles. The van der Waals surface area contributed by atoms with Crippen molar-refractivity contribution in [2.24, 2.45) is 0 Å². The number of hydrogen-bond acceptors (Lipinski definition) is 4. The smallest absolute Gasteiger partial charge is 0.227 e. The van der Waals surface area contributed by atoms with Crippen molar-refractivity contribution in [2.75, 3.05) is 19.3 Å². The van der Waals surface area contributed by atoms with E-state index >= 15 is 0 Å². The molecule has 6 nitrogen and oxygen atoms in total. The van der Waals surface area contributed by atoms with Crippen LogP contribution in [-0.4, -0.2) is 44.6 Å². The highest BCUT2D eigenvalue weighted by Gasteiger charge is 2.23. The molecule has 1 fully saturated rings. The summed E-state index contributed by atoms with van der Waals surface area (Å²) in [5.41, 5.74) is 2.93. The summed E-state index contributed by atoms with van der Waals surface area (Å²) in [6.45, 7) is 3.21. The lowest BCUT2D eigenvalue weighted by Gasteiger charge is -2.21.